The normalized spacial score (nSPS) is 23.4. The molecule has 4 rings (SSSR count). The lowest BCUT2D eigenvalue weighted by atomic mass is 9.62. The van der Waals surface area contributed by atoms with E-state index in [4.69, 9.17) is 0 Å². The fourth-order valence-corrected chi connectivity index (χ4v) is 5.36. The van der Waals surface area contributed by atoms with Gasteiger partial charge in [-0.15, -0.1) is 0 Å². The fourth-order valence-electron chi connectivity index (χ4n) is 5.36. The van der Waals surface area contributed by atoms with E-state index in [-0.39, 0.29) is 12.0 Å². The molecule has 0 aliphatic carbocycles. The molecule has 162 valence electrons. The Hall–Kier alpha value is -1.95. The van der Waals surface area contributed by atoms with Crippen molar-refractivity contribution in [3.8, 4) is 0 Å². The van der Waals surface area contributed by atoms with Gasteiger partial charge in [0.1, 0.15) is 5.60 Å². The summed E-state index contributed by atoms with van der Waals surface area (Å²) >= 11 is 0. The van der Waals surface area contributed by atoms with E-state index in [9.17, 15) is 10.2 Å². The summed E-state index contributed by atoms with van der Waals surface area (Å²) in [7, 11) is 2.10. The number of hydrogen-bond acceptors (Lipinski definition) is 5. The Balaban J connectivity index is 1.75. The summed E-state index contributed by atoms with van der Waals surface area (Å²) < 4.78 is 0. The molecule has 2 atom stereocenters. The van der Waals surface area contributed by atoms with E-state index in [0.29, 0.717) is 11.8 Å². The first kappa shape index (κ1) is 21.3. The van der Waals surface area contributed by atoms with Gasteiger partial charge in [0, 0.05) is 55.9 Å². The van der Waals surface area contributed by atoms with Crippen LogP contribution >= 0.6 is 0 Å². The molecule has 0 unspecified atom stereocenters. The second-order valence-corrected chi connectivity index (χ2v) is 9.94. The fraction of sp³-hybridized carbons (Fsp3) is 0.560. The minimum atomic E-state index is -1.12. The van der Waals surface area contributed by atoms with Gasteiger partial charge in [-0.25, -0.2) is 0 Å². The molecule has 3 heterocycles. The van der Waals surface area contributed by atoms with Crippen molar-refractivity contribution in [2.45, 2.75) is 38.7 Å². The number of aliphatic hydroxyl groups excluding tert-OH is 1. The zero-order valence-electron chi connectivity index (χ0n) is 18.7. The summed E-state index contributed by atoms with van der Waals surface area (Å²) in [6.45, 7) is 10.2. The van der Waals surface area contributed by atoms with Crippen molar-refractivity contribution in [2.24, 2.45) is 11.3 Å². The maximum absolute atomic E-state index is 12.3. The molecule has 0 spiro atoms. The number of likely N-dealkylation sites (tertiary alicyclic amines) is 1. The minimum absolute atomic E-state index is 0.222. The number of anilines is 1. The summed E-state index contributed by atoms with van der Waals surface area (Å²) in [5.74, 6) is 0.770. The molecule has 1 aromatic heterocycles. The Morgan fingerprint density at radius 3 is 2.43 bits per heavy atom. The van der Waals surface area contributed by atoms with Crippen molar-refractivity contribution in [3.63, 3.8) is 0 Å². The first-order valence-electron chi connectivity index (χ1n) is 11.1. The minimum Gasteiger partial charge on any atom is -0.396 e. The van der Waals surface area contributed by atoms with Crippen LogP contribution in [-0.2, 0) is 5.60 Å². The summed E-state index contributed by atoms with van der Waals surface area (Å²) in [6, 6.07) is 10.6. The lowest BCUT2D eigenvalue weighted by Crippen LogP contribution is -2.63. The van der Waals surface area contributed by atoms with Gasteiger partial charge >= 0.3 is 0 Å². The molecular weight excluding hydrogens is 374 g/mol. The lowest BCUT2D eigenvalue weighted by molar-refractivity contribution is -0.127. The smallest absolute Gasteiger partial charge is 0.124 e. The van der Waals surface area contributed by atoms with Crippen LogP contribution in [-0.4, -0.2) is 59.9 Å². The average Bonchev–Trinajstić information content (AvgIpc) is 3.21. The Labute approximate surface area is 180 Å². The highest BCUT2D eigenvalue weighted by Crippen LogP contribution is 2.50. The predicted octanol–water partition coefficient (Wildman–Crippen LogP) is 3.21. The Bertz CT molecular complexity index is 876. The zero-order chi connectivity index (χ0) is 21.5. The molecule has 1 aromatic carbocycles. The van der Waals surface area contributed by atoms with Crippen LogP contribution in [0.5, 0.6) is 0 Å². The molecule has 0 bridgehead atoms. The molecule has 5 nitrogen and oxygen atoms in total. The first-order chi connectivity index (χ1) is 14.3. The van der Waals surface area contributed by atoms with Gasteiger partial charge in [-0.05, 0) is 36.6 Å². The number of rotatable bonds is 6. The highest BCUT2D eigenvalue weighted by Gasteiger charge is 2.55. The highest BCUT2D eigenvalue weighted by molar-refractivity contribution is 5.51. The monoisotopic (exact) mass is 409 g/mol. The van der Waals surface area contributed by atoms with E-state index >= 15 is 0 Å². The second kappa shape index (κ2) is 7.95. The molecule has 2 fully saturated rings. The van der Waals surface area contributed by atoms with Crippen LogP contribution in [0.2, 0.25) is 0 Å². The van der Waals surface area contributed by atoms with Crippen molar-refractivity contribution in [2.75, 3.05) is 44.7 Å². The van der Waals surface area contributed by atoms with Gasteiger partial charge in [0.25, 0.3) is 0 Å². The van der Waals surface area contributed by atoms with Crippen LogP contribution in [0.4, 0.5) is 5.69 Å². The third-order valence-corrected chi connectivity index (χ3v) is 7.16. The average molecular weight is 410 g/mol. The van der Waals surface area contributed by atoms with Crippen molar-refractivity contribution in [1.82, 2.24) is 9.88 Å². The van der Waals surface area contributed by atoms with Crippen molar-refractivity contribution < 1.29 is 10.2 Å². The molecule has 0 radical (unpaired) electrons. The Morgan fingerprint density at radius 2 is 1.87 bits per heavy atom. The zero-order valence-corrected chi connectivity index (χ0v) is 18.7. The molecule has 2 saturated heterocycles. The SMILES string of the molecule is CC(C)c1ccc([C@](O)(c2cncc(N3CC[C@H](CO)C3)c2)C2(C)CN(C)C2)cc1. The standard InChI is InChI=1S/C25H35N3O2/c1-18(2)20-5-7-21(8-6-20)25(30,24(3)16-27(4)17-24)22-11-23(13-26-12-22)28-10-9-19(14-28)15-29/h5-8,11-13,18-19,29-30H,9-10,14-17H2,1-4H3/t19-,25-/m0/s1. The van der Waals surface area contributed by atoms with Gasteiger partial charge in [-0.1, -0.05) is 45.0 Å². The maximum Gasteiger partial charge on any atom is 0.124 e. The molecule has 0 saturated carbocycles. The van der Waals surface area contributed by atoms with E-state index in [0.717, 1.165) is 49.4 Å². The molecule has 2 aromatic rings. The molecule has 2 aliphatic rings. The molecule has 2 N–H and O–H groups in total. The van der Waals surface area contributed by atoms with E-state index < -0.39 is 5.60 Å². The van der Waals surface area contributed by atoms with Gasteiger partial charge in [0.15, 0.2) is 0 Å². The van der Waals surface area contributed by atoms with Gasteiger partial charge < -0.3 is 20.0 Å². The van der Waals surface area contributed by atoms with Crippen LogP contribution in [0.1, 0.15) is 49.8 Å². The highest BCUT2D eigenvalue weighted by atomic mass is 16.3. The van der Waals surface area contributed by atoms with Crippen LogP contribution in [0.25, 0.3) is 0 Å². The number of nitrogens with zero attached hydrogens (tertiary/aromatic N) is 3. The summed E-state index contributed by atoms with van der Waals surface area (Å²) in [4.78, 5) is 9.05. The third kappa shape index (κ3) is 3.53. The summed E-state index contributed by atoms with van der Waals surface area (Å²) in [5.41, 5.74) is 2.66. The lowest BCUT2D eigenvalue weighted by Gasteiger charge is -2.56. The van der Waals surface area contributed by atoms with Gasteiger partial charge in [0.2, 0.25) is 0 Å². The quantitative estimate of drug-likeness (QED) is 0.767. The number of aliphatic hydroxyl groups is 2. The first-order valence-corrected chi connectivity index (χ1v) is 11.1. The maximum atomic E-state index is 12.3. The van der Waals surface area contributed by atoms with Crippen LogP contribution < -0.4 is 4.90 Å². The number of pyridine rings is 1. The molecule has 5 heteroatoms. The van der Waals surface area contributed by atoms with Crippen molar-refractivity contribution in [3.05, 3.63) is 59.4 Å². The molecule has 0 amide bonds. The van der Waals surface area contributed by atoms with Gasteiger partial charge in [-0.3, -0.25) is 4.98 Å². The van der Waals surface area contributed by atoms with Crippen molar-refractivity contribution in [1.29, 1.82) is 0 Å². The Morgan fingerprint density at radius 1 is 1.17 bits per heavy atom. The second-order valence-electron chi connectivity index (χ2n) is 9.94. The molecule has 2 aliphatic heterocycles. The number of hydrogen-bond donors (Lipinski definition) is 2. The number of aromatic nitrogens is 1. The van der Waals surface area contributed by atoms with Gasteiger partial charge in [-0.2, -0.15) is 0 Å². The largest absolute Gasteiger partial charge is 0.396 e. The van der Waals surface area contributed by atoms with Crippen molar-refractivity contribution >= 4 is 5.69 Å². The molecule has 30 heavy (non-hydrogen) atoms. The Kier molecular flexibility index (Phi) is 5.64. The predicted molar refractivity (Wildman–Crippen MR) is 121 cm³/mol. The van der Waals surface area contributed by atoms with E-state index in [1.165, 1.54) is 5.56 Å². The van der Waals surface area contributed by atoms with Gasteiger partial charge in [0.05, 0.1) is 11.9 Å². The van der Waals surface area contributed by atoms with E-state index in [2.05, 4.69) is 72.9 Å². The van der Waals surface area contributed by atoms with Crippen LogP contribution in [0.3, 0.4) is 0 Å². The number of benzene rings is 1. The third-order valence-electron chi connectivity index (χ3n) is 7.16. The van der Waals surface area contributed by atoms with Crippen LogP contribution in [0.15, 0.2) is 42.7 Å². The van der Waals surface area contributed by atoms with Crippen LogP contribution in [0, 0.1) is 11.3 Å². The molecular formula is C25H35N3O2. The topological polar surface area (TPSA) is 59.8 Å². The summed E-state index contributed by atoms with van der Waals surface area (Å²) in [5, 5.41) is 21.8. The van der Waals surface area contributed by atoms with E-state index in [1.807, 2.05) is 12.4 Å². The van der Waals surface area contributed by atoms with E-state index in [1.54, 1.807) is 0 Å². The summed E-state index contributed by atoms with van der Waals surface area (Å²) in [6.07, 6.45) is 4.69.